The van der Waals surface area contributed by atoms with Gasteiger partial charge in [-0.05, 0) is 12.8 Å². The van der Waals surface area contributed by atoms with Crippen LogP contribution in [0.2, 0.25) is 0 Å². The first-order valence-corrected chi connectivity index (χ1v) is 9.13. The van der Waals surface area contributed by atoms with Crippen molar-refractivity contribution in [2.24, 2.45) is 0 Å². The molecule has 0 heterocycles. The van der Waals surface area contributed by atoms with Gasteiger partial charge in [0.25, 0.3) is 0 Å². The van der Waals surface area contributed by atoms with Crippen LogP contribution in [-0.2, 0) is 15.1 Å². The van der Waals surface area contributed by atoms with E-state index in [1.165, 1.54) is 6.42 Å². The number of carbonyl (C=O) groups is 1. The lowest BCUT2D eigenvalue weighted by atomic mass is 9.80. The van der Waals surface area contributed by atoms with Crippen molar-refractivity contribution in [1.82, 2.24) is 4.72 Å². The maximum absolute atomic E-state index is 10.5. The number of aliphatic carboxylic acids is 1. The van der Waals surface area contributed by atoms with E-state index in [9.17, 15) is 18.3 Å². The Balaban J connectivity index is 0.000000243. The Morgan fingerprint density at radius 3 is 1.83 bits per heavy atom. The van der Waals surface area contributed by atoms with Crippen molar-refractivity contribution in [2.45, 2.75) is 74.9 Å². The zero-order valence-electron chi connectivity index (χ0n) is 13.1. The molecule has 0 aromatic heterocycles. The van der Waals surface area contributed by atoms with E-state index in [0.29, 0.717) is 0 Å². The van der Waals surface area contributed by atoms with E-state index in [-0.39, 0.29) is 6.04 Å². The van der Waals surface area contributed by atoms with Crippen LogP contribution in [0.3, 0.4) is 0 Å². The van der Waals surface area contributed by atoms with Crippen molar-refractivity contribution in [3.63, 3.8) is 0 Å². The molecule has 10 nitrogen and oxygen atoms in total. The second-order valence-corrected chi connectivity index (χ2v) is 7.48. The second kappa shape index (κ2) is 8.52. The van der Waals surface area contributed by atoms with Gasteiger partial charge in [0.1, 0.15) is 6.10 Å². The molecule has 0 amide bonds. The van der Waals surface area contributed by atoms with Crippen LogP contribution in [0.5, 0.6) is 0 Å². The fourth-order valence-electron chi connectivity index (χ4n) is 2.88. The molecule has 0 aromatic carbocycles. The third-order valence-electron chi connectivity index (χ3n) is 4.20. The monoisotopic (exact) mass is 371 g/mol. The summed E-state index contributed by atoms with van der Waals surface area (Å²) >= 11 is 0. The van der Waals surface area contributed by atoms with Crippen molar-refractivity contribution in [3.8, 4) is 0 Å². The summed E-state index contributed by atoms with van der Waals surface area (Å²) < 4.78 is 31.3. The van der Waals surface area contributed by atoms with Crippen LogP contribution in [-0.4, -0.2) is 74.4 Å². The Labute approximate surface area is 140 Å². The molecular formula is C13H25NO9S. The largest absolute Gasteiger partial charge is 0.479 e. The first kappa shape index (κ1) is 21.2. The van der Waals surface area contributed by atoms with Gasteiger partial charge in [-0.15, -0.1) is 0 Å². The summed E-state index contributed by atoms with van der Waals surface area (Å²) in [4.78, 5) is 10.5. The van der Waals surface area contributed by atoms with Gasteiger partial charge in [0.05, 0.1) is 12.2 Å². The van der Waals surface area contributed by atoms with Gasteiger partial charge in [0.2, 0.25) is 0 Å². The summed E-state index contributed by atoms with van der Waals surface area (Å²) in [5.41, 5.74) is -2.14. The van der Waals surface area contributed by atoms with E-state index < -0.39 is 53.0 Å². The van der Waals surface area contributed by atoms with Gasteiger partial charge in [-0.1, -0.05) is 19.3 Å². The van der Waals surface area contributed by atoms with Crippen LogP contribution in [0.25, 0.3) is 0 Å². The molecule has 1 unspecified atom stereocenters. The van der Waals surface area contributed by atoms with E-state index in [1.807, 2.05) is 0 Å². The number of hydrogen-bond acceptors (Lipinski definition) is 7. The topological polar surface area (TPSA) is 185 Å². The summed E-state index contributed by atoms with van der Waals surface area (Å²) in [6, 6.07) is -0.0428. The standard InChI is InChI=1S/C7H12O6.C6H13NO3S/c8-3-1-7(13,6(11)12)2-4(9)5(3)10;8-11(9,10)7-6-4-2-1-3-5-6/h3-5,8-10,13H,1-2H2,(H,11,12);6-7H,1-5H2,(H,8,9,10)/t3-,4?,5-,7+;/m1./s1. The highest BCUT2D eigenvalue weighted by molar-refractivity contribution is 7.83. The van der Waals surface area contributed by atoms with Crippen LogP contribution in [0.1, 0.15) is 44.9 Å². The number of aliphatic hydroxyl groups is 4. The normalized spacial score (nSPS) is 35.0. The Morgan fingerprint density at radius 1 is 1.00 bits per heavy atom. The van der Waals surface area contributed by atoms with Crippen LogP contribution in [0.15, 0.2) is 0 Å². The van der Waals surface area contributed by atoms with Gasteiger partial charge in [0, 0.05) is 18.9 Å². The van der Waals surface area contributed by atoms with Gasteiger partial charge in [-0.25, -0.2) is 4.79 Å². The molecule has 0 bridgehead atoms. The van der Waals surface area contributed by atoms with E-state index in [2.05, 4.69) is 4.72 Å². The Morgan fingerprint density at radius 2 is 1.46 bits per heavy atom. The number of aliphatic hydroxyl groups excluding tert-OH is 3. The zero-order valence-corrected chi connectivity index (χ0v) is 13.9. The Hall–Kier alpha value is -0.820. The molecule has 2 fully saturated rings. The average Bonchev–Trinajstić information content (AvgIpc) is 2.44. The molecule has 2 aliphatic carbocycles. The zero-order chi connectivity index (χ0) is 18.5. The van der Waals surface area contributed by atoms with Gasteiger partial charge < -0.3 is 25.5 Å². The maximum Gasteiger partial charge on any atom is 0.335 e. The van der Waals surface area contributed by atoms with Gasteiger partial charge in [0.15, 0.2) is 5.60 Å². The molecule has 0 spiro atoms. The Kier molecular flexibility index (Phi) is 7.53. The van der Waals surface area contributed by atoms with E-state index in [4.69, 9.17) is 25.0 Å². The first-order chi connectivity index (χ1) is 10.9. The fourth-order valence-corrected chi connectivity index (χ4v) is 3.54. The summed E-state index contributed by atoms with van der Waals surface area (Å²) in [5, 5.41) is 45.2. The number of rotatable bonds is 3. The molecule has 0 saturated heterocycles. The maximum atomic E-state index is 10.5. The number of carboxylic acid groups (broad SMARTS) is 1. The molecule has 2 rings (SSSR count). The van der Waals surface area contributed by atoms with Crippen molar-refractivity contribution < 1.29 is 43.3 Å². The third kappa shape index (κ3) is 6.59. The fraction of sp³-hybridized carbons (Fsp3) is 0.923. The molecule has 0 aromatic rings. The highest BCUT2D eigenvalue weighted by Crippen LogP contribution is 2.29. The summed E-state index contributed by atoms with van der Waals surface area (Å²) in [6.45, 7) is 0. The van der Waals surface area contributed by atoms with Crippen LogP contribution in [0, 0.1) is 0 Å². The number of hydrogen-bond donors (Lipinski definition) is 7. The quantitative estimate of drug-likeness (QED) is 0.287. The summed E-state index contributed by atoms with van der Waals surface area (Å²) in [6.07, 6.45) is -0.195. The molecule has 7 N–H and O–H groups in total. The highest BCUT2D eigenvalue weighted by atomic mass is 32.2. The molecule has 0 aliphatic heterocycles. The second-order valence-electron chi connectivity index (χ2n) is 6.30. The predicted octanol–water partition coefficient (Wildman–Crippen LogP) is -1.61. The van der Waals surface area contributed by atoms with E-state index in [1.54, 1.807) is 0 Å². The average molecular weight is 371 g/mol. The van der Waals surface area contributed by atoms with Crippen LogP contribution >= 0.6 is 0 Å². The third-order valence-corrected chi connectivity index (χ3v) is 4.83. The molecule has 0 radical (unpaired) electrons. The Bertz CT molecular complexity index is 506. The van der Waals surface area contributed by atoms with Crippen LogP contribution in [0.4, 0.5) is 0 Å². The molecule has 142 valence electrons. The molecular weight excluding hydrogens is 346 g/mol. The van der Waals surface area contributed by atoms with Crippen LogP contribution < -0.4 is 4.72 Å². The predicted molar refractivity (Wildman–Crippen MR) is 81.4 cm³/mol. The molecule has 2 aliphatic rings. The lowest BCUT2D eigenvalue weighted by Crippen LogP contribution is -2.56. The molecule has 24 heavy (non-hydrogen) atoms. The SMILES string of the molecule is O=C(O)[C@@]1(O)CC(O)[C@H](O)[C@H](O)C1.O=S(=O)(O)NC1CCCCC1. The molecule has 2 saturated carbocycles. The minimum atomic E-state index is -3.97. The summed E-state index contributed by atoms with van der Waals surface area (Å²) in [7, 11) is -3.97. The highest BCUT2D eigenvalue weighted by Gasteiger charge is 2.48. The molecule has 4 atom stereocenters. The minimum absolute atomic E-state index is 0.0428. The van der Waals surface area contributed by atoms with Crippen molar-refractivity contribution in [1.29, 1.82) is 0 Å². The minimum Gasteiger partial charge on any atom is -0.479 e. The van der Waals surface area contributed by atoms with Crippen molar-refractivity contribution in [2.75, 3.05) is 0 Å². The smallest absolute Gasteiger partial charge is 0.335 e. The number of nitrogens with one attached hydrogen (secondary N) is 1. The van der Waals surface area contributed by atoms with Gasteiger partial charge in [-0.2, -0.15) is 13.1 Å². The first-order valence-electron chi connectivity index (χ1n) is 7.69. The lowest BCUT2D eigenvalue weighted by Gasteiger charge is -2.37. The molecule has 11 heteroatoms. The lowest BCUT2D eigenvalue weighted by molar-refractivity contribution is -0.187. The van der Waals surface area contributed by atoms with E-state index >= 15 is 0 Å². The van der Waals surface area contributed by atoms with Crippen molar-refractivity contribution in [3.05, 3.63) is 0 Å². The van der Waals surface area contributed by atoms with Gasteiger partial charge >= 0.3 is 16.3 Å². The van der Waals surface area contributed by atoms with E-state index in [0.717, 1.165) is 25.7 Å². The van der Waals surface area contributed by atoms with Gasteiger partial charge in [-0.3, -0.25) is 4.55 Å². The summed E-state index contributed by atoms with van der Waals surface area (Å²) in [5.74, 6) is -1.50. The number of carboxylic acids is 1. The van der Waals surface area contributed by atoms with Crippen molar-refractivity contribution >= 4 is 16.3 Å².